The number of hydrogen-bond donors (Lipinski definition) is 0. The summed E-state index contributed by atoms with van der Waals surface area (Å²) < 4.78 is 27.1. The summed E-state index contributed by atoms with van der Waals surface area (Å²) in [6.07, 6.45) is 4.75. The van der Waals surface area contributed by atoms with E-state index in [1.807, 2.05) is 26.8 Å². The highest BCUT2D eigenvalue weighted by Crippen LogP contribution is 2.73. The first-order valence-electron chi connectivity index (χ1n) is 13.0. The zero-order valence-corrected chi connectivity index (χ0v) is 25.1. The second-order valence-electron chi connectivity index (χ2n) is 11.5. The average molecular weight is 646 g/mol. The fourth-order valence-corrected chi connectivity index (χ4v) is 10.6. The number of alkyl halides is 3. The first-order valence-corrected chi connectivity index (χ1v) is 14.8. The largest absolute Gasteiger partial charge is 0.457 e. The van der Waals surface area contributed by atoms with Crippen molar-refractivity contribution in [2.45, 2.75) is 87.6 Å². The molecule has 0 saturated heterocycles. The molecule has 0 unspecified atom stereocenters. The fourth-order valence-electron chi connectivity index (χ4n) is 7.88. The maximum absolute atomic E-state index is 16.8. The smallest absolute Gasteiger partial charge is 0.306 e. The van der Waals surface area contributed by atoms with Crippen LogP contribution in [0.5, 0.6) is 0 Å². The van der Waals surface area contributed by atoms with Crippen LogP contribution in [0.25, 0.3) is 0 Å². The highest BCUT2D eigenvalue weighted by molar-refractivity contribution is 9.10. The third-order valence-corrected chi connectivity index (χ3v) is 12.5. The molecule has 0 bridgehead atoms. The zero-order valence-electron chi connectivity index (χ0n) is 21.9. The summed E-state index contributed by atoms with van der Waals surface area (Å²) in [5, 5.41) is 0. The van der Waals surface area contributed by atoms with Crippen LogP contribution in [-0.2, 0) is 28.7 Å². The molecule has 0 aromatic heterocycles. The zero-order chi connectivity index (χ0) is 27.6. The summed E-state index contributed by atoms with van der Waals surface area (Å²) in [4.78, 5) is 50.6. The van der Waals surface area contributed by atoms with Gasteiger partial charge in [0.25, 0.3) is 0 Å². The lowest BCUT2D eigenvalue weighted by molar-refractivity contribution is -0.199. The molecule has 6 nitrogen and oxygen atoms in total. The fraction of sp³-hybridized carbons (Fsp3) is 0.714. The van der Waals surface area contributed by atoms with Crippen LogP contribution in [-0.4, -0.2) is 51.0 Å². The molecular weight excluding hydrogens is 611 g/mol. The monoisotopic (exact) mass is 644 g/mol. The molecule has 4 rings (SSSR count). The molecule has 204 valence electrons. The Bertz CT molecular complexity index is 1090. The number of carbonyl (C=O) groups excluding carboxylic acids is 4. The lowest BCUT2D eigenvalue weighted by Crippen LogP contribution is -2.70. The van der Waals surface area contributed by atoms with E-state index in [0.29, 0.717) is 12.8 Å². The maximum Gasteiger partial charge on any atom is 0.306 e. The minimum absolute atomic E-state index is 0.0292. The van der Waals surface area contributed by atoms with E-state index < -0.39 is 57.2 Å². The minimum Gasteiger partial charge on any atom is -0.457 e. The number of ketones is 2. The van der Waals surface area contributed by atoms with Gasteiger partial charge in [0.15, 0.2) is 18.0 Å². The van der Waals surface area contributed by atoms with E-state index in [-0.39, 0.29) is 41.7 Å². The summed E-state index contributed by atoms with van der Waals surface area (Å²) in [5.41, 5.74) is -2.53. The van der Waals surface area contributed by atoms with E-state index in [2.05, 4.69) is 31.9 Å². The SMILES string of the molecule is CCC(=O)OCC(=O)[C@]1(OC(=O)CC)[C@H](C)C[C@H]2[C@@H]3[C@H](Br)CC4=CC(=O)C=C[C@]4(C)[C@@]3(Br)[C@@H](F)C[C@@]21C. The van der Waals surface area contributed by atoms with Gasteiger partial charge in [-0.25, -0.2) is 4.39 Å². The van der Waals surface area contributed by atoms with Gasteiger partial charge in [0.05, 0.1) is 4.32 Å². The van der Waals surface area contributed by atoms with Crippen LogP contribution in [0.3, 0.4) is 0 Å². The van der Waals surface area contributed by atoms with Crippen molar-refractivity contribution in [2.75, 3.05) is 6.61 Å². The summed E-state index contributed by atoms with van der Waals surface area (Å²) >= 11 is 7.75. The first kappa shape index (κ1) is 28.7. The minimum atomic E-state index is -1.63. The molecule has 37 heavy (non-hydrogen) atoms. The molecule has 4 aliphatic carbocycles. The van der Waals surface area contributed by atoms with E-state index in [9.17, 15) is 19.2 Å². The van der Waals surface area contributed by atoms with Gasteiger partial charge in [-0.05, 0) is 43.3 Å². The number of halogens is 3. The predicted octanol–water partition coefficient (Wildman–Crippen LogP) is 5.59. The lowest BCUT2D eigenvalue weighted by atomic mass is 9.46. The van der Waals surface area contributed by atoms with Gasteiger partial charge in [-0.2, -0.15) is 0 Å². The van der Waals surface area contributed by atoms with Crippen LogP contribution in [0, 0.1) is 28.6 Å². The summed E-state index contributed by atoms with van der Waals surface area (Å²) in [6, 6.07) is 0. The Morgan fingerprint density at radius 3 is 2.43 bits per heavy atom. The summed E-state index contributed by atoms with van der Waals surface area (Å²) in [5.74, 6) is -2.57. The Labute approximate surface area is 234 Å². The van der Waals surface area contributed by atoms with E-state index in [1.54, 1.807) is 19.9 Å². The molecule has 0 aromatic rings. The summed E-state index contributed by atoms with van der Waals surface area (Å²) in [6.45, 7) is 8.46. The molecule has 0 spiro atoms. The Hall–Kier alpha value is -1.35. The normalized spacial score (nSPS) is 44.3. The second kappa shape index (κ2) is 9.68. The van der Waals surface area contributed by atoms with Gasteiger partial charge in [0.1, 0.15) is 6.17 Å². The molecule has 0 aromatic carbocycles. The van der Waals surface area contributed by atoms with Crippen LogP contribution in [0.4, 0.5) is 4.39 Å². The van der Waals surface area contributed by atoms with Crippen molar-refractivity contribution >= 4 is 55.4 Å². The third kappa shape index (κ3) is 3.87. The van der Waals surface area contributed by atoms with Gasteiger partial charge < -0.3 is 9.47 Å². The molecule has 0 N–H and O–H groups in total. The molecule has 4 aliphatic rings. The number of rotatable bonds is 6. The molecule has 0 aliphatic heterocycles. The van der Waals surface area contributed by atoms with Gasteiger partial charge >= 0.3 is 11.9 Å². The van der Waals surface area contributed by atoms with Crippen molar-refractivity contribution in [1.82, 2.24) is 0 Å². The Morgan fingerprint density at radius 1 is 1.16 bits per heavy atom. The van der Waals surface area contributed by atoms with Gasteiger partial charge in [-0.3, -0.25) is 19.2 Å². The van der Waals surface area contributed by atoms with Crippen molar-refractivity contribution in [3.05, 3.63) is 23.8 Å². The molecule has 9 heteroatoms. The topological polar surface area (TPSA) is 86.7 Å². The average Bonchev–Trinajstić information content (AvgIpc) is 3.05. The molecule has 9 atom stereocenters. The highest BCUT2D eigenvalue weighted by atomic mass is 79.9. The lowest BCUT2D eigenvalue weighted by Gasteiger charge is -2.64. The van der Waals surface area contributed by atoms with Gasteiger partial charge in [0, 0.05) is 34.4 Å². The molecule has 0 amide bonds. The van der Waals surface area contributed by atoms with Crippen molar-refractivity contribution < 1.29 is 33.0 Å². The van der Waals surface area contributed by atoms with Crippen molar-refractivity contribution in [1.29, 1.82) is 0 Å². The van der Waals surface area contributed by atoms with Crippen molar-refractivity contribution in [3.8, 4) is 0 Å². The molecular formula is C28H35Br2FO6. The number of allylic oxidation sites excluding steroid dienone is 4. The highest BCUT2D eigenvalue weighted by Gasteiger charge is 2.77. The number of fused-ring (bicyclic) bond motifs is 5. The Kier molecular flexibility index (Phi) is 7.50. The van der Waals surface area contributed by atoms with Crippen LogP contribution in [0.1, 0.15) is 66.7 Å². The van der Waals surface area contributed by atoms with Crippen LogP contribution < -0.4 is 0 Å². The number of Topliss-reactive ketones (excluding diaryl/α,β-unsaturated/α-hetero) is 1. The Morgan fingerprint density at radius 2 is 1.81 bits per heavy atom. The standard InChI is InChI=1S/C28H35Br2FO6/c1-6-22(34)36-14-21(33)28(37-23(35)7-2)15(3)10-18-24-19(29)12-16-11-17(32)8-9-25(16,4)27(24,30)20(31)13-26(18,28)5/h8-9,11,15,18-20,24H,6-7,10,12-14H2,1-5H3/t15-,18+,19-,20+,24-,25+,26+,27-,28-/m1/s1. The maximum atomic E-state index is 16.8. The van der Waals surface area contributed by atoms with Crippen LogP contribution in [0.2, 0.25) is 0 Å². The summed E-state index contributed by atoms with van der Waals surface area (Å²) in [7, 11) is 0. The van der Waals surface area contributed by atoms with Gasteiger partial charge in [0.2, 0.25) is 5.78 Å². The Balaban J connectivity index is 1.84. The van der Waals surface area contributed by atoms with Gasteiger partial charge in [-0.15, -0.1) is 0 Å². The van der Waals surface area contributed by atoms with E-state index in [1.165, 1.54) is 6.08 Å². The number of esters is 2. The number of hydrogen-bond acceptors (Lipinski definition) is 6. The van der Waals surface area contributed by atoms with E-state index >= 15 is 4.39 Å². The number of ether oxygens (including phenoxy) is 2. The third-order valence-electron chi connectivity index (χ3n) is 9.74. The van der Waals surface area contributed by atoms with Crippen LogP contribution >= 0.6 is 31.9 Å². The quantitative estimate of drug-likeness (QED) is 0.276. The van der Waals surface area contributed by atoms with E-state index in [0.717, 1.165) is 5.57 Å². The molecule has 0 heterocycles. The van der Waals surface area contributed by atoms with E-state index in [4.69, 9.17) is 9.47 Å². The second-order valence-corrected chi connectivity index (χ2v) is 13.9. The van der Waals surface area contributed by atoms with Crippen LogP contribution in [0.15, 0.2) is 23.8 Å². The molecule has 3 fully saturated rings. The first-order chi connectivity index (χ1) is 17.2. The van der Waals surface area contributed by atoms with Crippen molar-refractivity contribution in [2.24, 2.45) is 28.6 Å². The molecule has 0 radical (unpaired) electrons. The number of carbonyl (C=O) groups is 4. The molecule has 3 saturated carbocycles. The predicted molar refractivity (Wildman–Crippen MR) is 143 cm³/mol. The van der Waals surface area contributed by atoms with Crippen molar-refractivity contribution in [3.63, 3.8) is 0 Å². The van der Waals surface area contributed by atoms with Gasteiger partial charge in [-0.1, -0.05) is 78.1 Å².